The van der Waals surface area contributed by atoms with Crippen LogP contribution in [-0.4, -0.2) is 32.3 Å². The van der Waals surface area contributed by atoms with Crippen molar-refractivity contribution in [3.05, 3.63) is 12.2 Å². The van der Waals surface area contributed by atoms with E-state index in [-0.39, 0.29) is 0 Å². The first-order valence-electron chi connectivity index (χ1n) is 6.61. The standard InChI is InChI=1S/C12H23N5S/c1-9(2)6-17-12(14-8-15-17)5-11(16-13)10-3-4-18-7-10/h8-11,16H,3-7,13H2,1-2H3. The minimum absolute atomic E-state index is 0.315. The van der Waals surface area contributed by atoms with Crippen LogP contribution in [0.15, 0.2) is 6.33 Å². The summed E-state index contributed by atoms with van der Waals surface area (Å²) in [6, 6.07) is 0.315. The van der Waals surface area contributed by atoms with Crippen molar-refractivity contribution >= 4 is 11.8 Å². The van der Waals surface area contributed by atoms with E-state index >= 15 is 0 Å². The molecule has 2 unspecified atom stereocenters. The maximum absolute atomic E-state index is 5.70. The molecule has 0 aliphatic carbocycles. The summed E-state index contributed by atoms with van der Waals surface area (Å²) in [5, 5.41) is 4.30. The predicted octanol–water partition coefficient (Wildman–Crippen LogP) is 1.06. The van der Waals surface area contributed by atoms with E-state index in [0.29, 0.717) is 17.9 Å². The third kappa shape index (κ3) is 3.46. The monoisotopic (exact) mass is 269 g/mol. The van der Waals surface area contributed by atoms with Gasteiger partial charge < -0.3 is 0 Å². The zero-order valence-corrected chi connectivity index (χ0v) is 12.0. The van der Waals surface area contributed by atoms with Crippen molar-refractivity contribution in [2.75, 3.05) is 11.5 Å². The van der Waals surface area contributed by atoms with Crippen LogP contribution in [-0.2, 0) is 13.0 Å². The lowest BCUT2D eigenvalue weighted by molar-refractivity contribution is 0.367. The second-order valence-electron chi connectivity index (χ2n) is 5.35. The Kier molecular flexibility index (Phi) is 5.03. The van der Waals surface area contributed by atoms with Crippen molar-refractivity contribution in [2.24, 2.45) is 17.7 Å². The van der Waals surface area contributed by atoms with E-state index in [4.69, 9.17) is 5.84 Å². The quantitative estimate of drug-likeness (QED) is 0.597. The van der Waals surface area contributed by atoms with Gasteiger partial charge in [0, 0.05) is 19.0 Å². The molecule has 18 heavy (non-hydrogen) atoms. The molecule has 1 aliphatic rings. The molecule has 5 nitrogen and oxygen atoms in total. The van der Waals surface area contributed by atoms with Crippen molar-refractivity contribution in [2.45, 2.75) is 39.3 Å². The Hall–Kier alpha value is -0.590. The summed E-state index contributed by atoms with van der Waals surface area (Å²) in [5.74, 6) is 10.4. The third-order valence-corrected chi connectivity index (χ3v) is 4.57. The van der Waals surface area contributed by atoms with Gasteiger partial charge in [0.05, 0.1) is 0 Å². The number of nitrogens with zero attached hydrogens (tertiary/aromatic N) is 3. The predicted molar refractivity (Wildman–Crippen MR) is 75.1 cm³/mol. The minimum Gasteiger partial charge on any atom is -0.271 e. The molecule has 3 N–H and O–H groups in total. The molecule has 2 atom stereocenters. The van der Waals surface area contributed by atoms with Crippen LogP contribution in [0.1, 0.15) is 26.1 Å². The normalized spacial score (nSPS) is 21.7. The van der Waals surface area contributed by atoms with E-state index in [0.717, 1.165) is 18.8 Å². The molecular weight excluding hydrogens is 246 g/mol. The molecule has 0 saturated carbocycles. The Morgan fingerprint density at radius 2 is 2.44 bits per heavy atom. The van der Waals surface area contributed by atoms with Crippen LogP contribution in [0.25, 0.3) is 0 Å². The lowest BCUT2D eigenvalue weighted by atomic mass is 9.96. The SMILES string of the molecule is CC(C)Cn1ncnc1CC(NN)C1CCSC1. The topological polar surface area (TPSA) is 68.8 Å². The molecule has 0 radical (unpaired) electrons. The molecule has 0 spiro atoms. The number of hydrogen-bond acceptors (Lipinski definition) is 5. The van der Waals surface area contributed by atoms with Gasteiger partial charge in [-0.25, -0.2) is 9.67 Å². The Labute approximate surface area is 113 Å². The number of nitrogens with one attached hydrogen (secondary N) is 1. The Bertz CT molecular complexity index is 359. The first-order chi connectivity index (χ1) is 8.70. The molecule has 1 fully saturated rings. The number of aromatic nitrogens is 3. The van der Waals surface area contributed by atoms with Crippen LogP contribution in [0.5, 0.6) is 0 Å². The molecular formula is C12H23N5S. The zero-order valence-electron chi connectivity index (χ0n) is 11.2. The Morgan fingerprint density at radius 1 is 1.61 bits per heavy atom. The van der Waals surface area contributed by atoms with Crippen LogP contribution in [0, 0.1) is 11.8 Å². The summed E-state index contributed by atoms with van der Waals surface area (Å²) < 4.78 is 2.01. The smallest absolute Gasteiger partial charge is 0.138 e. The van der Waals surface area contributed by atoms with E-state index in [1.807, 2.05) is 16.4 Å². The largest absolute Gasteiger partial charge is 0.271 e. The van der Waals surface area contributed by atoms with Gasteiger partial charge in [-0.05, 0) is 29.8 Å². The molecule has 102 valence electrons. The first kappa shape index (κ1) is 13.8. The van der Waals surface area contributed by atoms with Gasteiger partial charge in [-0.1, -0.05) is 13.8 Å². The van der Waals surface area contributed by atoms with Crippen molar-refractivity contribution < 1.29 is 0 Å². The fraction of sp³-hybridized carbons (Fsp3) is 0.833. The van der Waals surface area contributed by atoms with Crippen LogP contribution in [0.2, 0.25) is 0 Å². The highest BCUT2D eigenvalue weighted by Crippen LogP contribution is 2.27. The maximum atomic E-state index is 5.70. The molecule has 0 amide bonds. The highest BCUT2D eigenvalue weighted by molar-refractivity contribution is 7.99. The average Bonchev–Trinajstić information content (AvgIpc) is 2.96. The van der Waals surface area contributed by atoms with Gasteiger partial charge in [-0.2, -0.15) is 16.9 Å². The van der Waals surface area contributed by atoms with Gasteiger partial charge in [-0.3, -0.25) is 11.3 Å². The van der Waals surface area contributed by atoms with Gasteiger partial charge in [0.15, 0.2) is 0 Å². The first-order valence-corrected chi connectivity index (χ1v) is 7.76. The van der Waals surface area contributed by atoms with Crippen LogP contribution < -0.4 is 11.3 Å². The fourth-order valence-electron chi connectivity index (χ4n) is 2.37. The average molecular weight is 269 g/mol. The van der Waals surface area contributed by atoms with E-state index in [2.05, 4.69) is 29.4 Å². The molecule has 1 aliphatic heterocycles. The number of hydrogen-bond donors (Lipinski definition) is 2. The summed E-state index contributed by atoms with van der Waals surface area (Å²) >= 11 is 2.01. The number of thioether (sulfide) groups is 1. The number of nitrogens with two attached hydrogens (primary N) is 1. The van der Waals surface area contributed by atoms with Crippen molar-refractivity contribution in [1.82, 2.24) is 20.2 Å². The van der Waals surface area contributed by atoms with E-state index < -0.39 is 0 Å². The second-order valence-corrected chi connectivity index (χ2v) is 6.50. The molecule has 1 aromatic rings. The fourth-order valence-corrected chi connectivity index (χ4v) is 3.71. The molecule has 1 saturated heterocycles. The van der Waals surface area contributed by atoms with E-state index in [9.17, 15) is 0 Å². The summed E-state index contributed by atoms with van der Waals surface area (Å²) in [4.78, 5) is 4.38. The van der Waals surface area contributed by atoms with E-state index in [1.54, 1.807) is 6.33 Å². The third-order valence-electron chi connectivity index (χ3n) is 3.38. The van der Waals surface area contributed by atoms with Crippen LogP contribution in [0.3, 0.4) is 0 Å². The van der Waals surface area contributed by atoms with Gasteiger partial charge in [0.25, 0.3) is 0 Å². The number of hydrazine groups is 1. The highest BCUT2D eigenvalue weighted by Gasteiger charge is 2.26. The Morgan fingerprint density at radius 3 is 3.06 bits per heavy atom. The molecule has 0 aromatic carbocycles. The second kappa shape index (κ2) is 6.54. The molecule has 1 aromatic heterocycles. The highest BCUT2D eigenvalue weighted by atomic mass is 32.2. The van der Waals surface area contributed by atoms with Gasteiger partial charge in [-0.15, -0.1) is 0 Å². The van der Waals surface area contributed by atoms with Gasteiger partial charge in [0.1, 0.15) is 12.2 Å². The molecule has 0 bridgehead atoms. The van der Waals surface area contributed by atoms with E-state index in [1.165, 1.54) is 17.9 Å². The molecule has 2 rings (SSSR count). The van der Waals surface area contributed by atoms with Gasteiger partial charge in [0.2, 0.25) is 0 Å². The molecule has 2 heterocycles. The van der Waals surface area contributed by atoms with Crippen molar-refractivity contribution in [3.63, 3.8) is 0 Å². The zero-order chi connectivity index (χ0) is 13.0. The summed E-state index contributed by atoms with van der Waals surface area (Å²) in [5.41, 5.74) is 2.97. The summed E-state index contributed by atoms with van der Waals surface area (Å²) in [6.07, 6.45) is 3.76. The summed E-state index contributed by atoms with van der Waals surface area (Å²) in [6.45, 7) is 5.31. The van der Waals surface area contributed by atoms with Gasteiger partial charge >= 0.3 is 0 Å². The van der Waals surface area contributed by atoms with Crippen LogP contribution in [0.4, 0.5) is 0 Å². The number of rotatable bonds is 6. The van der Waals surface area contributed by atoms with Crippen molar-refractivity contribution in [1.29, 1.82) is 0 Å². The minimum atomic E-state index is 0.315. The molecule has 6 heteroatoms. The van der Waals surface area contributed by atoms with Crippen LogP contribution >= 0.6 is 11.8 Å². The maximum Gasteiger partial charge on any atom is 0.138 e. The summed E-state index contributed by atoms with van der Waals surface area (Å²) in [7, 11) is 0. The van der Waals surface area contributed by atoms with Crippen molar-refractivity contribution in [3.8, 4) is 0 Å². The Balaban J connectivity index is 2.00. The lowest BCUT2D eigenvalue weighted by Gasteiger charge is -2.22. The lowest BCUT2D eigenvalue weighted by Crippen LogP contribution is -2.43.